The third-order valence-electron chi connectivity index (χ3n) is 4.14. The van der Waals surface area contributed by atoms with Crippen LogP contribution in [-0.2, 0) is 16.1 Å². The number of nitrogens with one attached hydrogen (secondary N) is 2. The van der Waals surface area contributed by atoms with Crippen molar-refractivity contribution in [3.63, 3.8) is 0 Å². The molecule has 1 fully saturated rings. The molecule has 1 aliphatic carbocycles. The highest BCUT2D eigenvalue weighted by molar-refractivity contribution is 7.98. The van der Waals surface area contributed by atoms with Gasteiger partial charge in [-0.2, -0.15) is 16.9 Å². The quantitative estimate of drug-likeness (QED) is 0.628. The SMILES string of the molecule is CSCCC(NC(=O)C1CC1)C(=O)NCCCn1nc(C)cc1C. The summed E-state index contributed by atoms with van der Waals surface area (Å²) < 4.78 is 1.96. The zero-order valence-electron chi connectivity index (χ0n) is 14.8. The van der Waals surface area contributed by atoms with Gasteiger partial charge >= 0.3 is 0 Å². The third-order valence-corrected chi connectivity index (χ3v) is 4.79. The van der Waals surface area contributed by atoms with Crippen LogP contribution in [0.15, 0.2) is 6.07 Å². The molecule has 2 amide bonds. The number of carbonyl (C=O) groups excluding carboxylic acids is 2. The Hall–Kier alpha value is -1.50. The lowest BCUT2D eigenvalue weighted by atomic mass is 10.2. The van der Waals surface area contributed by atoms with E-state index >= 15 is 0 Å². The average molecular weight is 353 g/mol. The number of nitrogens with zero attached hydrogens (tertiary/aromatic N) is 2. The fourth-order valence-corrected chi connectivity index (χ4v) is 3.08. The molecule has 1 aromatic heterocycles. The molecule has 1 aromatic rings. The molecule has 0 aliphatic heterocycles. The lowest BCUT2D eigenvalue weighted by molar-refractivity contribution is -0.129. The van der Waals surface area contributed by atoms with Gasteiger partial charge in [-0.05, 0) is 57.6 Å². The van der Waals surface area contributed by atoms with Crippen molar-refractivity contribution in [2.75, 3.05) is 18.6 Å². The Balaban J connectivity index is 1.74. The van der Waals surface area contributed by atoms with Crippen LogP contribution in [0, 0.1) is 19.8 Å². The predicted octanol–water partition coefficient (Wildman–Crippen LogP) is 1.65. The fourth-order valence-electron chi connectivity index (χ4n) is 2.60. The second kappa shape index (κ2) is 9.11. The highest BCUT2D eigenvalue weighted by atomic mass is 32.2. The first-order chi connectivity index (χ1) is 11.5. The molecule has 24 heavy (non-hydrogen) atoms. The molecule has 1 unspecified atom stereocenters. The van der Waals surface area contributed by atoms with Gasteiger partial charge in [-0.1, -0.05) is 0 Å². The maximum Gasteiger partial charge on any atom is 0.242 e. The Kier molecular flexibility index (Phi) is 7.15. The van der Waals surface area contributed by atoms with Crippen LogP contribution in [0.1, 0.15) is 37.1 Å². The third kappa shape index (κ3) is 5.85. The van der Waals surface area contributed by atoms with E-state index in [0.717, 1.165) is 42.9 Å². The summed E-state index contributed by atoms with van der Waals surface area (Å²) in [5.74, 6) is 0.931. The van der Waals surface area contributed by atoms with Crippen molar-refractivity contribution in [1.82, 2.24) is 20.4 Å². The molecule has 134 valence electrons. The molecule has 6 nitrogen and oxygen atoms in total. The maximum absolute atomic E-state index is 12.4. The van der Waals surface area contributed by atoms with E-state index in [9.17, 15) is 9.59 Å². The van der Waals surface area contributed by atoms with E-state index in [4.69, 9.17) is 0 Å². The molecule has 1 saturated carbocycles. The molecule has 0 saturated heterocycles. The zero-order chi connectivity index (χ0) is 17.5. The summed E-state index contributed by atoms with van der Waals surface area (Å²) in [5, 5.41) is 10.3. The molecule has 7 heteroatoms. The minimum absolute atomic E-state index is 0.0268. The molecule has 0 spiro atoms. The zero-order valence-corrected chi connectivity index (χ0v) is 15.6. The number of aromatic nitrogens is 2. The number of amides is 2. The molecule has 1 atom stereocenters. The molecule has 2 N–H and O–H groups in total. The molecule has 2 rings (SSSR count). The Labute approximate surface area is 148 Å². The molecule has 1 aliphatic rings. The summed E-state index contributed by atoms with van der Waals surface area (Å²) in [7, 11) is 0. The van der Waals surface area contributed by atoms with Crippen LogP contribution in [0.3, 0.4) is 0 Å². The first kappa shape index (κ1) is 18.8. The summed E-state index contributed by atoms with van der Waals surface area (Å²) in [5.41, 5.74) is 2.14. The second-order valence-electron chi connectivity index (χ2n) is 6.41. The topological polar surface area (TPSA) is 76.0 Å². The lowest BCUT2D eigenvalue weighted by Crippen LogP contribution is -2.47. The predicted molar refractivity (Wildman–Crippen MR) is 97.0 cm³/mol. The van der Waals surface area contributed by atoms with E-state index in [1.54, 1.807) is 11.8 Å². The van der Waals surface area contributed by atoms with Gasteiger partial charge in [0.2, 0.25) is 11.8 Å². The van der Waals surface area contributed by atoms with Crippen molar-refractivity contribution in [2.24, 2.45) is 5.92 Å². The Bertz CT molecular complexity index is 569. The van der Waals surface area contributed by atoms with Gasteiger partial charge in [-0.25, -0.2) is 0 Å². The van der Waals surface area contributed by atoms with Crippen LogP contribution in [0.2, 0.25) is 0 Å². The first-order valence-electron chi connectivity index (χ1n) is 8.59. The van der Waals surface area contributed by atoms with Crippen molar-refractivity contribution < 1.29 is 9.59 Å². The standard InChI is InChI=1S/C17H28N4O2S/c1-12-11-13(2)21(20-12)9-4-8-18-17(23)15(7-10-24-3)19-16(22)14-5-6-14/h11,14-15H,4-10H2,1-3H3,(H,18,23)(H,19,22). The normalized spacial score (nSPS) is 15.1. The molecular weight excluding hydrogens is 324 g/mol. The highest BCUT2D eigenvalue weighted by Crippen LogP contribution is 2.29. The van der Waals surface area contributed by atoms with Crippen LogP contribution in [0.25, 0.3) is 0 Å². The Morgan fingerprint density at radius 2 is 2.17 bits per heavy atom. The van der Waals surface area contributed by atoms with Gasteiger partial charge in [0.05, 0.1) is 5.69 Å². The van der Waals surface area contributed by atoms with E-state index < -0.39 is 6.04 Å². The van der Waals surface area contributed by atoms with Crippen molar-refractivity contribution >= 4 is 23.6 Å². The van der Waals surface area contributed by atoms with E-state index in [-0.39, 0.29) is 17.7 Å². The molecule has 0 aromatic carbocycles. The van der Waals surface area contributed by atoms with E-state index in [0.29, 0.717) is 13.0 Å². The van der Waals surface area contributed by atoms with Crippen LogP contribution < -0.4 is 10.6 Å². The minimum Gasteiger partial charge on any atom is -0.354 e. The van der Waals surface area contributed by atoms with Gasteiger partial charge in [0.1, 0.15) is 6.04 Å². The van der Waals surface area contributed by atoms with Gasteiger partial charge in [-0.3, -0.25) is 14.3 Å². The summed E-state index contributed by atoms with van der Waals surface area (Å²) in [6.07, 6.45) is 5.39. The smallest absolute Gasteiger partial charge is 0.242 e. The maximum atomic E-state index is 12.4. The summed E-state index contributed by atoms with van der Waals surface area (Å²) >= 11 is 1.69. The van der Waals surface area contributed by atoms with Crippen LogP contribution >= 0.6 is 11.8 Å². The number of thioether (sulfide) groups is 1. The number of rotatable bonds is 10. The second-order valence-corrected chi connectivity index (χ2v) is 7.40. The van der Waals surface area contributed by atoms with Crippen LogP contribution in [0.5, 0.6) is 0 Å². The summed E-state index contributed by atoms with van der Waals surface area (Å²) in [4.78, 5) is 24.3. The number of hydrogen-bond donors (Lipinski definition) is 2. The van der Waals surface area contributed by atoms with Crippen LogP contribution in [0.4, 0.5) is 0 Å². The fraction of sp³-hybridized carbons (Fsp3) is 0.706. The largest absolute Gasteiger partial charge is 0.354 e. The first-order valence-corrected chi connectivity index (χ1v) is 9.98. The molecular formula is C17H28N4O2S. The molecule has 1 heterocycles. The van der Waals surface area contributed by atoms with E-state index in [2.05, 4.69) is 15.7 Å². The van der Waals surface area contributed by atoms with Gasteiger partial charge in [-0.15, -0.1) is 0 Å². The number of hydrogen-bond acceptors (Lipinski definition) is 4. The van der Waals surface area contributed by atoms with E-state index in [1.807, 2.05) is 30.9 Å². The van der Waals surface area contributed by atoms with Crippen LogP contribution in [-0.4, -0.2) is 46.2 Å². The van der Waals surface area contributed by atoms with Gasteiger partial charge < -0.3 is 10.6 Å². The Morgan fingerprint density at radius 1 is 1.42 bits per heavy atom. The van der Waals surface area contributed by atoms with Gasteiger partial charge in [0.15, 0.2) is 0 Å². The summed E-state index contributed by atoms with van der Waals surface area (Å²) in [6, 6.07) is 1.63. The van der Waals surface area contributed by atoms with Gasteiger partial charge in [0, 0.05) is 24.7 Å². The Morgan fingerprint density at radius 3 is 2.75 bits per heavy atom. The van der Waals surface area contributed by atoms with Crippen molar-refractivity contribution in [3.8, 4) is 0 Å². The monoisotopic (exact) mass is 352 g/mol. The lowest BCUT2D eigenvalue weighted by Gasteiger charge is -2.18. The van der Waals surface area contributed by atoms with Gasteiger partial charge in [0.25, 0.3) is 0 Å². The van der Waals surface area contributed by atoms with Crippen molar-refractivity contribution in [3.05, 3.63) is 17.5 Å². The van der Waals surface area contributed by atoms with E-state index in [1.165, 1.54) is 0 Å². The average Bonchev–Trinajstić information content (AvgIpc) is 3.33. The number of aryl methyl sites for hydroxylation is 3. The molecule has 0 radical (unpaired) electrons. The number of carbonyl (C=O) groups is 2. The van der Waals surface area contributed by atoms with Crippen molar-refractivity contribution in [2.45, 2.75) is 52.1 Å². The minimum atomic E-state index is -0.417. The summed E-state index contributed by atoms with van der Waals surface area (Å²) in [6.45, 7) is 5.38. The molecule has 0 bridgehead atoms. The van der Waals surface area contributed by atoms with Crippen molar-refractivity contribution in [1.29, 1.82) is 0 Å². The highest BCUT2D eigenvalue weighted by Gasteiger charge is 2.32.